The van der Waals surface area contributed by atoms with Gasteiger partial charge in [-0.25, -0.2) is 9.59 Å². The third-order valence-corrected chi connectivity index (χ3v) is 2.88. The van der Waals surface area contributed by atoms with E-state index in [0.717, 1.165) is 14.1 Å². The molecule has 88 valence electrons. The minimum absolute atomic E-state index is 0.616. The molecule has 5 amide bonds. The first kappa shape index (κ1) is 10.6. The van der Waals surface area contributed by atoms with Gasteiger partial charge in [-0.05, 0) is 0 Å². The van der Waals surface area contributed by atoms with E-state index < -0.39 is 29.5 Å². The van der Waals surface area contributed by atoms with Gasteiger partial charge in [0.2, 0.25) is 0 Å². The molecule has 4 N–H and O–H groups in total. The van der Waals surface area contributed by atoms with Crippen molar-refractivity contribution in [3.05, 3.63) is 0 Å². The normalized spacial score (nSPS) is 38.4. The quantitative estimate of drug-likeness (QED) is 0.357. The SMILES string of the molecule is CN1C(=O)NC(=O)C2(O)N(C)C(=O)NC12O. The Bertz CT molecular complexity index is 412. The molecular formula is C7H10N4O5. The van der Waals surface area contributed by atoms with Crippen molar-refractivity contribution in [3.63, 3.8) is 0 Å². The van der Waals surface area contributed by atoms with Gasteiger partial charge in [0, 0.05) is 14.1 Å². The summed E-state index contributed by atoms with van der Waals surface area (Å²) < 4.78 is 0. The molecule has 0 aromatic carbocycles. The van der Waals surface area contributed by atoms with Crippen LogP contribution in [0.2, 0.25) is 0 Å². The molecule has 2 rings (SSSR count). The second-order valence-electron chi connectivity index (χ2n) is 3.65. The van der Waals surface area contributed by atoms with Crippen LogP contribution in [0.5, 0.6) is 0 Å². The Morgan fingerprint density at radius 1 is 1.06 bits per heavy atom. The molecule has 0 saturated carbocycles. The maximum absolute atomic E-state index is 11.5. The number of urea groups is 2. The Morgan fingerprint density at radius 2 is 1.62 bits per heavy atom. The van der Waals surface area contributed by atoms with E-state index in [-0.39, 0.29) is 0 Å². The number of hydrogen-bond donors (Lipinski definition) is 4. The smallest absolute Gasteiger partial charge is 0.327 e. The number of amides is 5. The molecule has 2 aliphatic heterocycles. The van der Waals surface area contributed by atoms with Crippen molar-refractivity contribution in [2.75, 3.05) is 14.1 Å². The zero-order valence-corrected chi connectivity index (χ0v) is 8.51. The summed E-state index contributed by atoms with van der Waals surface area (Å²) >= 11 is 0. The Hall–Kier alpha value is -1.87. The van der Waals surface area contributed by atoms with Crippen molar-refractivity contribution in [2.24, 2.45) is 0 Å². The highest BCUT2D eigenvalue weighted by Gasteiger charge is 2.71. The van der Waals surface area contributed by atoms with Crippen molar-refractivity contribution < 1.29 is 24.6 Å². The van der Waals surface area contributed by atoms with Gasteiger partial charge >= 0.3 is 12.1 Å². The highest BCUT2D eigenvalue weighted by Crippen LogP contribution is 2.34. The first-order valence-electron chi connectivity index (χ1n) is 4.35. The lowest BCUT2D eigenvalue weighted by atomic mass is 10.0. The average Bonchev–Trinajstić information content (AvgIpc) is 2.39. The maximum atomic E-state index is 11.5. The molecule has 9 heteroatoms. The summed E-state index contributed by atoms with van der Waals surface area (Å²) in [4.78, 5) is 35.3. The number of imide groups is 1. The summed E-state index contributed by atoms with van der Waals surface area (Å²) in [5.74, 6) is -3.64. The Balaban J connectivity index is 2.59. The molecule has 9 nitrogen and oxygen atoms in total. The number of likely N-dealkylation sites (N-methyl/N-ethyl adjacent to an activating group) is 2. The third-order valence-electron chi connectivity index (χ3n) is 2.88. The number of carbonyl (C=O) groups is 3. The Morgan fingerprint density at radius 3 is 2.19 bits per heavy atom. The molecular weight excluding hydrogens is 220 g/mol. The van der Waals surface area contributed by atoms with Crippen LogP contribution in [-0.2, 0) is 4.79 Å². The number of rotatable bonds is 0. The molecule has 0 aromatic heterocycles. The number of aliphatic hydroxyl groups is 2. The van der Waals surface area contributed by atoms with Gasteiger partial charge in [0.05, 0.1) is 0 Å². The molecule has 16 heavy (non-hydrogen) atoms. The topological polar surface area (TPSA) is 122 Å². The average molecular weight is 230 g/mol. The third kappa shape index (κ3) is 0.847. The number of carbonyl (C=O) groups excluding carboxylic acids is 3. The maximum Gasteiger partial charge on any atom is 0.327 e. The van der Waals surface area contributed by atoms with Gasteiger partial charge in [0.25, 0.3) is 17.5 Å². The highest BCUT2D eigenvalue weighted by atomic mass is 16.4. The fraction of sp³-hybridized carbons (Fsp3) is 0.571. The number of nitrogens with one attached hydrogen (secondary N) is 2. The summed E-state index contributed by atoms with van der Waals surface area (Å²) in [7, 11) is 2.25. The van der Waals surface area contributed by atoms with Crippen LogP contribution in [0, 0.1) is 0 Å². The standard InChI is InChI=1S/C7H10N4O5/c1-10-5(14)9-7(16)6(10,15)3(12)8-4(13)11(7)2/h15-16H,1-2H3,(H,9,14)(H,8,12,13). The zero-order valence-electron chi connectivity index (χ0n) is 8.51. The number of fused-ring (bicyclic) bond motifs is 1. The second-order valence-corrected chi connectivity index (χ2v) is 3.65. The summed E-state index contributed by atoms with van der Waals surface area (Å²) in [5, 5.41) is 23.9. The van der Waals surface area contributed by atoms with Crippen molar-refractivity contribution in [2.45, 2.75) is 11.6 Å². The molecule has 0 aromatic rings. The summed E-state index contributed by atoms with van der Waals surface area (Å²) in [6.07, 6.45) is 0. The van der Waals surface area contributed by atoms with E-state index in [1.54, 1.807) is 0 Å². The lowest BCUT2D eigenvalue weighted by Gasteiger charge is -2.45. The minimum atomic E-state index is -2.55. The van der Waals surface area contributed by atoms with Gasteiger partial charge in [-0.1, -0.05) is 0 Å². The monoisotopic (exact) mass is 230 g/mol. The van der Waals surface area contributed by atoms with E-state index in [1.807, 2.05) is 10.6 Å². The van der Waals surface area contributed by atoms with Crippen LogP contribution in [0.1, 0.15) is 0 Å². The molecule has 0 radical (unpaired) electrons. The van der Waals surface area contributed by atoms with Crippen molar-refractivity contribution in [3.8, 4) is 0 Å². The fourth-order valence-corrected chi connectivity index (χ4v) is 1.74. The predicted molar refractivity (Wildman–Crippen MR) is 47.5 cm³/mol. The van der Waals surface area contributed by atoms with Gasteiger partial charge < -0.3 is 10.2 Å². The van der Waals surface area contributed by atoms with Crippen LogP contribution in [0.25, 0.3) is 0 Å². The van der Waals surface area contributed by atoms with Crippen LogP contribution < -0.4 is 10.6 Å². The first-order valence-corrected chi connectivity index (χ1v) is 4.35. The van der Waals surface area contributed by atoms with Gasteiger partial charge in [-0.15, -0.1) is 0 Å². The van der Waals surface area contributed by atoms with Crippen LogP contribution in [-0.4, -0.2) is 63.7 Å². The van der Waals surface area contributed by atoms with Gasteiger partial charge in [0.1, 0.15) is 0 Å². The molecule has 0 bridgehead atoms. The summed E-state index contributed by atoms with van der Waals surface area (Å²) in [5.41, 5.74) is -2.55. The van der Waals surface area contributed by atoms with E-state index in [1.165, 1.54) is 0 Å². The molecule has 2 fully saturated rings. The van der Waals surface area contributed by atoms with Crippen LogP contribution >= 0.6 is 0 Å². The van der Waals surface area contributed by atoms with E-state index in [2.05, 4.69) is 0 Å². The Labute approximate surface area is 89.6 Å². The second kappa shape index (κ2) is 2.62. The Kier molecular flexibility index (Phi) is 1.75. The van der Waals surface area contributed by atoms with Crippen molar-refractivity contribution >= 4 is 18.0 Å². The molecule has 2 saturated heterocycles. The van der Waals surface area contributed by atoms with E-state index >= 15 is 0 Å². The highest BCUT2D eigenvalue weighted by molar-refractivity contribution is 6.05. The lowest BCUT2D eigenvalue weighted by Crippen LogP contribution is -2.80. The van der Waals surface area contributed by atoms with E-state index in [4.69, 9.17) is 0 Å². The molecule has 2 heterocycles. The lowest BCUT2D eigenvalue weighted by molar-refractivity contribution is -0.243. The molecule has 2 aliphatic rings. The van der Waals surface area contributed by atoms with E-state index in [0.29, 0.717) is 9.80 Å². The van der Waals surface area contributed by atoms with Crippen LogP contribution in [0.4, 0.5) is 9.59 Å². The molecule has 0 aliphatic carbocycles. The van der Waals surface area contributed by atoms with Gasteiger partial charge in [-0.2, -0.15) is 0 Å². The summed E-state index contributed by atoms with van der Waals surface area (Å²) in [6, 6.07) is -1.80. The number of hydrogen-bond acceptors (Lipinski definition) is 5. The zero-order chi connectivity index (χ0) is 12.3. The minimum Gasteiger partial charge on any atom is -0.358 e. The fourth-order valence-electron chi connectivity index (χ4n) is 1.74. The molecule has 0 spiro atoms. The number of nitrogens with zero attached hydrogens (tertiary/aromatic N) is 2. The molecule has 2 atom stereocenters. The summed E-state index contributed by atoms with van der Waals surface area (Å²) in [6.45, 7) is 0. The van der Waals surface area contributed by atoms with Gasteiger partial charge in [0.15, 0.2) is 0 Å². The van der Waals surface area contributed by atoms with Gasteiger partial charge in [-0.3, -0.25) is 25.2 Å². The van der Waals surface area contributed by atoms with Crippen molar-refractivity contribution in [1.29, 1.82) is 0 Å². The largest absolute Gasteiger partial charge is 0.358 e. The van der Waals surface area contributed by atoms with Crippen molar-refractivity contribution in [1.82, 2.24) is 20.4 Å². The van der Waals surface area contributed by atoms with Crippen LogP contribution in [0.15, 0.2) is 0 Å². The first-order chi connectivity index (χ1) is 7.25. The van der Waals surface area contributed by atoms with E-state index in [9.17, 15) is 24.6 Å². The molecule has 2 unspecified atom stereocenters. The van der Waals surface area contributed by atoms with Crippen LogP contribution in [0.3, 0.4) is 0 Å². The predicted octanol–water partition coefficient (Wildman–Crippen LogP) is -2.84.